The van der Waals surface area contributed by atoms with Crippen LogP contribution in [0.4, 0.5) is 4.39 Å². The van der Waals surface area contributed by atoms with Crippen LogP contribution in [0, 0.1) is 9.39 Å². The van der Waals surface area contributed by atoms with Crippen molar-refractivity contribution in [3.63, 3.8) is 0 Å². The summed E-state index contributed by atoms with van der Waals surface area (Å²) < 4.78 is 13.9. The van der Waals surface area contributed by atoms with Crippen molar-refractivity contribution < 1.29 is 9.18 Å². The van der Waals surface area contributed by atoms with Gasteiger partial charge in [0.15, 0.2) is 0 Å². The summed E-state index contributed by atoms with van der Waals surface area (Å²) in [6.45, 7) is 3.44. The van der Waals surface area contributed by atoms with E-state index in [9.17, 15) is 9.18 Å². The van der Waals surface area contributed by atoms with Crippen LogP contribution in [0.15, 0.2) is 18.2 Å². The molecule has 2 unspecified atom stereocenters. The Hall–Kier alpha value is 0.0300. The lowest BCUT2D eigenvalue weighted by Crippen LogP contribution is -2.18. The first-order chi connectivity index (χ1) is 6.95. The molecular weight excluding hydrogens is 374 g/mol. The van der Waals surface area contributed by atoms with Crippen LogP contribution < -0.4 is 0 Å². The Morgan fingerprint density at radius 3 is 2.67 bits per heavy atom. The van der Waals surface area contributed by atoms with Crippen molar-refractivity contribution in [2.75, 3.05) is 0 Å². The molecule has 0 aliphatic carbocycles. The van der Waals surface area contributed by atoms with Gasteiger partial charge in [-0.1, -0.05) is 35.0 Å². The van der Waals surface area contributed by atoms with Crippen molar-refractivity contribution in [2.24, 2.45) is 0 Å². The lowest BCUT2D eigenvalue weighted by atomic mass is 9.96. The fourth-order valence-electron chi connectivity index (χ4n) is 1.38. The summed E-state index contributed by atoms with van der Waals surface area (Å²) in [5.41, 5.74) is 0.868. The van der Waals surface area contributed by atoms with Crippen molar-refractivity contribution in [3.05, 3.63) is 33.1 Å². The first-order valence-electron chi connectivity index (χ1n) is 4.53. The molecule has 0 aromatic heterocycles. The summed E-state index contributed by atoms with van der Waals surface area (Å²) in [6.07, 6.45) is 0. The summed E-state index contributed by atoms with van der Waals surface area (Å²) in [7, 11) is 0. The number of Topliss-reactive ketones (excluding diaryl/α,β-unsaturated/α-hetero) is 1. The average molecular weight is 385 g/mol. The molecule has 2 atom stereocenters. The summed E-state index contributed by atoms with van der Waals surface area (Å²) >= 11 is 5.30. The molecule has 0 saturated heterocycles. The molecule has 4 heteroatoms. The highest BCUT2D eigenvalue weighted by atomic mass is 127. The minimum atomic E-state index is -0.257. The average Bonchev–Trinajstić information content (AvgIpc) is 2.20. The zero-order valence-corrected chi connectivity index (χ0v) is 12.2. The molecule has 0 bridgehead atoms. The second kappa shape index (κ2) is 5.39. The number of alkyl halides is 1. The summed E-state index contributed by atoms with van der Waals surface area (Å²) in [4.78, 5) is 11.0. The van der Waals surface area contributed by atoms with E-state index in [0.717, 1.165) is 5.56 Å². The molecule has 0 amide bonds. The van der Waals surface area contributed by atoms with Gasteiger partial charge in [0.05, 0.1) is 8.40 Å². The smallest absolute Gasteiger partial charge is 0.144 e. The van der Waals surface area contributed by atoms with Crippen LogP contribution in [0.5, 0.6) is 0 Å². The topological polar surface area (TPSA) is 17.1 Å². The second-order valence-corrected chi connectivity index (χ2v) is 5.51. The van der Waals surface area contributed by atoms with Gasteiger partial charge in [-0.15, -0.1) is 0 Å². The molecule has 1 nitrogen and oxygen atoms in total. The number of benzene rings is 1. The maximum Gasteiger partial charge on any atom is 0.144 e. The van der Waals surface area contributed by atoms with Gasteiger partial charge in [-0.2, -0.15) is 0 Å². The minimum Gasteiger partial charge on any atom is -0.299 e. The van der Waals surface area contributed by atoms with Crippen molar-refractivity contribution >= 4 is 44.3 Å². The molecule has 0 radical (unpaired) electrons. The monoisotopic (exact) mass is 384 g/mol. The van der Waals surface area contributed by atoms with Crippen LogP contribution in [0.25, 0.3) is 0 Å². The van der Waals surface area contributed by atoms with Crippen LogP contribution in [-0.2, 0) is 4.79 Å². The van der Waals surface area contributed by atoms with Gasteiger partial charge in [-0.3, -0.25) is 4.79 Å². The summed E-state index contributed by atoms with van der Waals surface area (Å²) in [5, 5.41) is 0. The second-order valence-electron chi connectivity index (χ2n) is 3.44. The van der Waals surface area contributed by atoms with Crippen LogP contribution in [0.2, 0.25) is 0 Å². The third kappa shape index (κ3) is 3.00. The van der Waals surface area contributed by atoms with Crippen LogP contribution >= 0.6 is 38.5 Å². The van der Waals surface area contributed by atoms with Gasteiger partial charge in [0, 0.05) is 5.92 Å². The lowest BCUT2D eigenvalue weighted by molar-refractivity contribution is -0.116. The first-order valence-corrected chi connectivity index (χ1v) is 6.53. The lowest BCUT2D eigenvalue weighted by Gasteiger charge is -2.17. The fourth-order valence-corrected chi connectivity index (χ4v) is 2.52. The van der Waals surface area contributed by atoms with Crippen LogP contribution in [-0.4, -0.2) is 10.6 Å². The molecule has 0 aliphatic rings. The van der Waals surface area contributed by atoms with Gasteiger partial charge in [0.25, 0.3) is 0 Å². The minimum absolute atomic E-state index is 0.0231. The van der Waals surface area contributed by atoms with E-state index in [-0.39, 0.29) is 22.3 Å². The zero-order valence-electron chi connectivity index (χ0n) is 8.43. The van der Waals surface area contributed by atoms with Gasteiger partial charge in [-0.25, -0.2) is 4.39 Å². The molecule has 0 aliphatic heterocycles. The number of carbonyl (C=O) groups excluding carboxylic acids is 1. The van der Waals surface area contributed by atoms with Crippen molar-refractivity contribution in [2.45, 2.75) is 24.6 Å². The molecule has 15 heavy (non-hydrogen) atoms. The predicted molar refractivity (Wildman–Crippen MR) is 70.9 cm³/mol. The highest BCUT2D eigenvalue weighted by Gasteiger charge is 2.22. The van der Waals surface area contributed by atoms with Crippen molar-refractivity contribution in [1.29, 1.82) is 0 Å². The first kappa shape index (κ1) is 13.1. The fraction of sp³-hybridized carbons (Fsp3) is 0.364. The number of hydrogen-bond donors (Lipinski definition) is 0. The van der Waals surface area contributed by atoms with Crippen LogP contribution in [0.1, 0.15) is 25.3 Å². The third-order valence-electron chi connectivity index (χ3n) is 2.30. The molecule has 82 valence electrons. The predicted octanol–water partition coefficient (Wildman–Crippen LogP) is 3.89. The number of ketones is 1. The molecule has 1 aromatic rings. The van der Waals surface area contributed by atoms with E-state index in [1.54, 1.807) is 6.07 Å². The molecule has 0 N–H and O–H groups in total. The Balaban J connectivity index is 3.06. The number of carbonyl (C=O) groups is 1. The molecule has 0 saturated carbocycles. The van der Waals surface area contributed by atoms with Gasteiger partial charge in [-0.05, 0) is 41.1 Å². The Kier molecular flexibility index (Phi) is 4.70. The summed E-state index contributed by atoms with van der Waals surface area (Å²) in [5.74, 6) is -0.198. The van der Waals surface area contributed by atoms with Gasteiger partial charge >= 0.3 is 0 Å². The largest absolute Gasteiger partial charge is 0.299 e. The van der Waals surface area contributed by atoms with E-state index in [2.05, 4.69) is 15.9 Å². The Morgan fingerprint density at radius 2 is 2.13 bits per heavy atom. The number of rotatable bonds is 3. The highest BCUT2D eigenvalue weighted by molar-refractivity contribution is 14.1. The Labute approximate surface area is 111 Å². The SMILES string of the molecule is CC(=O)C(Br)C(C)c1cccc(F)c1I. The molecule has 0 spiro atoms. The maximum atomic E-state index is 13.3. The van der Waals surface area contributed by atoms with E-state index in [1.165, 1.54) is 13.0 Å². The standard InChI is InChI=1S/C11H11BrFIO/c1-6(10(12)7(2)15)8-4-3-5-9(13)11(8)14/h3-6,10H,1-2H3. The van der Waals surface area contributed by atoms with Gasteiger partial charge in [0.1, 0.15) is 11.6 Å². The Morgan fingerprint density at radius 1 is 1.53 bits per heavy atom. The van der Waals surface area contributed by atoms with Crippen LogP contribution in [0.3, 0.4) is 0 Å². The number of hydrogen-bond acceptors (Lipinski definition) is 1. The molecule has 1 rings (SSSR count). The maximum absolute atomic E-state index is 13.3. The normalized spacial score (nSPS) is 14.7. The van der Waals surface area contributed by atoms with Gasteiger partial charge in [0.2, 0.25) is 0 Å². The third-order valence-corrected chi connectivity index (χ3v) is 4.88. The van der Waals surface area contributed by atoms with E-state index < -0.39 is 0 Å². The highest BCUT2D eigenvalue weighted by Crippen LogP contribution is 2.30. The number of halogens is 3. The van der Waals surface area contributed by atoms with E-state index >= 15 is 0 Å². The zero-order chi connectivity index (χ0) is 11.6. The van der Waals surface area contributed by atoms with E-state index in [0.29, 0.717) is 3.57 Å². The van der Waals surface area contributed by atoms with Gasteiger partial charge < -0.3 is 0 Å². The molecule has 0 fully saturated rings. The van der Waals surface area contributed by atoms with Crippen molar-refractivity contribution in [3.8, 4) is 0 Å². The molecule has 0 heterocycles. The summed E-state index contributed by atoms with van der Waals surface area (Å²) in [6, 6.07) is 4.95. The van der Waals surface area contributed by atoms with Crippen molar-refractivity contribution in [1.82, 2.24) is 0 Å². The molecule has 1 aromatic carbocycles. The quantitative estimate of drug-likeness (QED) is 0.570. The Bertz CT molecular complexity index is 381. The van der Waals surface area contributed by atoms with E-state index in [4.69, 9.17) is 0 Å². The molecular formula is C11H11BrFIO. The van der Waals surface area contributed by atoms with E-state index in [1.807, 2.05) is 35.6 Å².